The molecule has 0 spiro atoms. The normalized spacial score (nSPS) is 12.3. The fourth-order valence-corrected chi connectivity index (χ4v) is 6.93. The van der Waals surface area contributed by atoms with Crippen molar-refractivity contribution in [2.75, 3.05) is 79.1 Å². The number of unbranched alkanes of at least 4 members (excludes halogenated alkanes) is 14. The largest absolute Gasteiger partial charge is 0.481 e. The highest BCUT2D eigenvalue weighted by molar-refractivity contribution is 5.85. The molecule has 6 amide bonds. The number of ether oxygens (including phenoxy) is 4. The van der Waals surface area contributed by atoms with Gasteiger partial charge in [0.2, 0.25) is 35.4 Å². The Bertz CT molecular complexity index is 1470. The molecule has 0 radical (unpaired) electrons. The number of hydrogen-bond donors (Lipinski definition) is 9. The summed E-state index contributed by atoms with van der Waals surface area (Å²) in [6, 6.07) is -2.77. The van der Waals surface area contributed by atoms with Crippen LogP contribution in [0.3, 0.4) is 0 Å². The van der Waals surface area contributed by atoms with Crippen molar-refractivity contribution in [1.29, 1.82) is 0 Å². The van der Waals surface area contributed by atoms with Crippen molar-refractivity contribution in [3.05, 3.63) is 0 Å². The number of amides is 6. The first-order valence-electron chi connectivity index (χ1n) is 25.8. The third-order valence-corrected chi connectivity index (χ3v) is 11.0. The smallest absolute Gasteiger partial charge is 0.326 e. The summed E-state index contributed by atoms with van der Waals surface area (Å²) in [4.78, 5) is 107. The van der Waals surface area contributed by atoms with Gasteiger partial charge < -0.3 is 71.0 Å². The molecule has 0 aliphatic carbocycles. The van der Waals surface area contributed by atoms with E-state index in [4.69, 9.17) is 24.1 Å². The van der Waals surface area contributed by atoms with Crippen LogP contribution in [0.15, 0.2) is 0 Å². The Kier molecular flexibility index (Phi) is 44.4. The second kappa shape index (κ2) is 47.5. The summed E-state index contributed by atoms with van der Waals surface area (Å²) in [5.74, 6) is -4.25. The number of aliphatic carboxylic acids is 2. The molecule has 0 aromatic rings. The zero-order valence-corrected chi connectivity index (χ0v) is 42.4. The van der Waals surface area contributed by atoms with Crippen LogP contribution in [0.2, 0.25) is 0 Å². The van der Waals surface area contributed by atoms with Crippen LogP contribution in [0.4, 0.5) is 0 Å². The lowest BCUT2D eigenvalue weighted by Crippen LogP contribution is -2.42. The van der Waals surface area contributed by atoms with E-state index in [1.807, 2.05) is 6.92 Å². The topological polar surface area (TPSA) is 323 Å². The fraction of sp³-hybridized carbons (Fsp3) is 0.816. The van der Waals surface area contributed by atoms with Gasteiger partial charge in [-0.1, -0.05) is 90.4 Å². The molecule has 0 aromatic heterocycles. The molecule has 0 unspecified atom stereocenters. The predicted molar refractivity (Wildman–Crippen MR) is 263 cm³/mol. The van der Waals surface area contributed by atoms with Gasteiger partial charge in [-0.25, -0.2) is 4.79 Å². The number of nitrogens with one attached hydrogen (secondary N) is 6. The van der Waals surface area contributed by atoms with Crippen LogP contribution < -0.4 is 31.9 Å². The van der Waals surface area contributed by atoms with Gasteiger partial charge in [-0.15, -0.1) is 0 Å². The van der Waals surface area contributed by atoms with Crippen molar-refractivity contribution >= 4 is 53.7 Å². The highest BCUT2D eigenvalue weighted by atomic mass is 16.5. The van der Waals surface area contributed by atoms with Crippen LogP contribution in [0, 0.1) is 0 Å². The standard InChI is InChI=1S/C49H88N6O16/c1-2-3-26-50-42(58)23-21-40(36-57)54-47(63)38-71-34-32-69-30-28-52-46(62)37-70-33-31-68-29-27-51-43(59)24-20-39(35-56)53-45(61)25-22-41(49(66)67)55-44(60)18-16-14-12-10-8-6-4-5-7-9-11-13-15-17-19-48(64)65/h35,39-41,57H,2-34,36-38H2,1H3,(H,50,58)(H,51,59)(H,52,62)(H,53,61)(H,54,63)(H,55,60)(H,64,65)(H,66,67)/t39-,40-,41-/m0/s1. The van der Waals surface area contributed by atoms with E-state index in [-0.39, 0.29) is 135 Å². The van der Waals surface area contributed by atoms with Gasteiger partial charge in [0.1, 0.15) is 25.5 Å². The Balaban J connectivity index is 3.88. The average molecular weight is 1020 g/mol. The van der Waals surface area contributed by atoms with Gasteiger partial charge in [0.15, 0.2) is 0 Å². The summed E-state index contributed by atoms with van der Waals surface area (Å²) in [6.45, 7) is 3.27. The first kappa shape index (κ1) is 66.2. The molecule has 0 aliphatic rings. The quantitative estimate of drug-likeness (QED) is 0.0312. The number of aldehydes is 1. The molecule has 0 rings (SSSR count). The summed E-state index contributed by atoms with van der Waals surface area (Å²) in [5.41, 5.74) is 0. The first-order chi connectivity index (χ1) is 34.3. The molecule has 0 aliphatic heterocycles. The van der Waals surface area contributed by atoms with E-state index in [2.05, 4.69) is 31.9 Å². The van der Waals surface area contributed by atoms with Crippen molar-refractivity contribution in [1.82, 2.24) is 31.9 Å². The number of carbonyl (C=O) groups is 9. The maximum Gasteiger partial charge on any atom is 0.326 e. The molecular formula is C49H88N6O16. The number of aliphatic hydroxyl groups is 1. The Hall–Kier alpha value is -4.77. The van der Waals surface area contributed by atoms with Crippen LogP contribution in [0.25, 0.3) is 0 Å². The molecule has 0 saturated heterocycles. The van der Waals surface area contributed by atoms with Gasteiger partial charge in [-0.3, -0.25) is 33.6 Å². The molecule has 22 heteroatoms. The minimum atomic E-state index is -1.26. The van der Waals surface area contributed by atoms with E-state index in [0.717, 1.165) is 64.2 Å². The highest BCUT2D eigenvalue weighted by Crippen LogP contribution is 2.14. The molecule has 0 heterocycles. The molecule has 0 bridgehead atoms. The van der Waals surface area contributed by atoms with E-state index >= 15 is 0 Å². The van der Waals surface area contributed by atoms with Crippen LogP contribution in [0.5, 0.6) is 0 Å². The predicted octanol–water partition coefficient (Wildman–Crippen LogP) is 2.60. The van der Waals surface area contributed by atoms with Crippen molar-refractivity contribution < 1.29 is 77.4 Å². The van der Waals surface area contributed by atoms with Crippen LogP contribution in [-0.2, 0) is 62.1 Å². The van der Waals surface area contributed by atoms with Gasteiger partial charge in [0, 0.05) is 51.7 Å². The van der Waals surface area contributed by atoms with Crippen molar-refractivity contribution in [3.8, 4) is 0 Å². The lowest BCUT2D eigenvalue weighted by atomic mass is 10.0. The molecule has 3 atom stereocenters. The zero-order chi connectivity index (χ0) is 52.6. The third-order valence-electron chi connectivity index (χ3n) is 11.0. The van der Waals surface area contributed by atoms with Gasteiger partial charge in [0.05, 0.1) is 58.3 Å². The number of rotatable bonds is 51. The summed E-state index contributed by atoms with van der Waals surface area (Å²) in [6.07, 6.45) is 17.5. The molecule has 22 nitrogen and oxygen atoms in total. The SMILES string of the molecule is CCCCNC(=O)CC[C@@H](CO)NC(=O)COCCOCCNC(=O)COCCOCCNC(=O)CC[C@@H](C=O)NC(=O)CC[C@H](NC(=O)CCCCCCCCCCCCCCCCC(=O)O)C(=O)O. The van der Waals surface area contributed by atoms with E-state index in [0.29, 0.717) is 25.7 Å². The third kappa shape index (κ3) is 44.9. The van der Waals surface area contributed by atoms with Gasteiger partial charge in [-0.05, 0) is 38.5 Å². The minimum Gasteiger partial charge on any atom is -0.481 e. The second-order valence-corrected chi connectivity index (χ2v) is 17.4. The maximum absolute atomic E-state index is 12.5. The average Bonchev–Trinajstić information content (AvgIpc) is 3.34. The van der Waals surface area contributed by atoms with Gasteiger partial charge >= 0.3 is 11.9 Å². The molecule has 0 aromatic carbocycles. The number of aliphatic hydroxyl groups excluding tert-OH is 1. The van der Waals surface area contributed by atoms with Gasteiger partial charge in [-0.2, -0.15) is 0 Å². The lowest BCUT2D eigenvalue weighted by molar-refractivity contribution is -0.142. The monoisotopic (exact) mass is 1020 g/mol. The summed E-state index contributed by atoms with van der Waals surface area (Å²) in [5, 5.41) is 43.4. The fourth-order valence-electron chi connectivity index (χ4n) is 6.93. The molecule has 0 saturated carbocycles. The number of carboxylic acid groups (broad SMARTS) is 2. The van der Waals surface area contributed by atoms with E-state index in [9.17, 15) is 53.4 Å². The Morgan fingerprint density at radius 3 is 1.41 bits per heavy atom. The summed E-state index contributed by atoms with van der Waals surface area (Å²) < 4.78 is 21.3. The Morgan fingerprint density at radius 2 is 0.901 bits per heavy atom. The molecule has 0 fully saturated rings. The van der Waals surface area contributed by atoms with Gasteiger partial charge in [0.25, 0.3) is 0 Å². The van der Waals surface area contributed by atoms with Crippen LogP contribution >= 0.6 is 0 Å². The zero-order valence-electron chi connectivity index (χ0n) is 42.4. The second-order valence-electron chi connectivity index (χ2n) is 17.4. The maximum atomic E-state index is 12.5. The van der Waals surface area contributed by atoms with E-state index < -0.39 is 47.8 Å². The molecule has 410 valence electrons. The lowest BCUT2D eigenvalue weighted by Gasteiger charge is -2.16. The Labute approximate surface area is 420 Å². The van der Waals surface area contributed by atoms with Crippen molar-refractivity contribution in [3.63, 3.8) is 0 Å². The van der Waals surface area contributed by atoms with E-state index in [1.165, 1.54) is 32.1 Å². The molecule has 71 heavy (non-hydrogen) atoms. The molecular weight excluding hydrogens is 929 g/mol. The number of carbonyl (C=O) groups excluding carboxylic acids is 7. The minimum absolute atomic E-state index is 0.0226. The number of hydrogen-bond acceptors (Lipinski definition) is 14. The van der Waals surface area contributed by atoms with E-state index in [1.54, 1.807) is 0 Å². The Morgan fingerprint density at radius 1 is 0.451 bits per heavy atom. The van der Waals surface area contributed by atoms with Crippen LogP contribution in [0.1, 0.15) is 161 Å². The van der Waals surface area contributed by atoms with Crippen molar-refractivity contribution in [2.24, 2.45) is 0 Å². The van der Waals surface area contributed by atoms with Crippen LogP contribution in [-0.4, -0.2) is 166 Å². The van der Waals surface area contributed by atoms with Crippen molar-refractivity contribution in [2.45, 2.75) is 179 Å². The summed E-state index contributed by atoms with van der Waals surface area (Å²) in [7, 11) is 0. The summed E-state index contributed by atoms with van der Waals surface area (Å²) >= 11 is 0. The highest BCUT2D eigenvalue weighted by Gasteiger charge is 2.22. The molecule has 9 N–H and O–H groups in total. The first-order valence-corrected chi connectivity index (χ1v) is 25.8. The number of carboxylic acids is 2.